The van der Waals surface area contributed by atoms with Gasteiger partial charge in [0, 0.05) is 12.1 Å². The van der Waals surface area contributed by atoms with E-state index >= 15 is 0 Å². The second-order valence-electron chi connectivity index (χ2n) is 8.78. The van der Waals surface area contributed by atoms with Crippen LogP contribution in [0.4, 0.5) is 0 Å². The molecular weight excluding hydrogens is 442 g/mol. The molecule has 180 valence electrons. The van der Waals surface area contributed by atoms with Crippen LogP contribution in [0.3, 0.4) is 0 Å². The van der Waals surface area contributed by atoms with Crippen LogP contribution in [0, 0.1) is 6.92 Å². The number of ether oxygens (including phenoxy) is 3. The third-order valence-corrected chi connectivity index (χ3v) is 6.42. The maximum Gasteiger partial charge on any atom is 0.254 e. The van der Waals surface area contributed by atoms with E-state index in [-0.39, 0.29) is 11.9 Å². The summed E-state index contributed by atoms with van der Waals surface area (Å²) in [7, 11) is 3.13. The number of hydrogen-bond acceptors (Lipinski definition) is 5. The molecule has 3 aromatic carbocycles. The zero-order valence-corrected chi connectivity index (χ0v) is 20.2. The maximum absolute atomic E-state index is 13.7. The van der Waals surface area contributed by atoms with Gasteiger partial charge in [-0.1, -0.05) is 36.4 Å². The summed E-state index contributed by atoms with van der Waals surface area (Å²) < 4.78 is 17.2. The monoisotopic (exact) mass is 471 g/mol. The summed E-state index contributed by atoms with van der Waals surface area (Å²) in [5.74, 6) is 2.12. The second kappa shape index (κ2) is 9.70. The Balaban J connectivity index is 1.42. The summed E-state index contributed by atoms with van der Waals surface area (Å²) in [5.41, 5.74) is 4.58. The number of methoxy groups -OCH3 is 2. The summed E-state index contributed by atoms with van der Waals surface area (Å²) >= 11 is 0. The summed E-state index contributed by atoms with van der Waals surface area (Å²) in [6.07, 6.45) is 1.77. The number of likely N-dealkylation sites (tertiary alicyclic amines) is 1. The Morgan fingerprint density at radius 3 is 2.51 bits per heavy atom. The minimum absolute atomic E-state index is 0.0876. The van der Waals surface area contributed by atoms with Crippen molar-refractivity contribution in [3.63, 3.8) is 0 Å². The van der Waals surface area contributed by atoms with Crippen LogP contribution in [0.1, 0.15) is 46.2 Å². The molecule has 1 atom stereocenters. The van der Waals surface area contributed by atoms with Crippen LogP contribution >= 0.6 is 0 Å². The lowest BCUT2D eigenvalue weighted by atomic mass is 10.1. The number of rotatable bonds is 7. The van der Waals surface area contributed by atoms with Crippen LogP contribution in [0.25, 0.3) is 11.0 Å². The van der Waals surface area contributed by atoms with Crippen molar-refractivity contribution < 1.29 is 19.0 Å². The van der Waals surface area contributed by atoms with Gasteiger partial charge in [0.15, 0.2) is 11.5 Å². The van der Waals surface area contributed by atoms with E-state index in [4.69, 9.17) is 19.2 Å². The van der Waals surface area contributed by atoms with Crippen LogP contribution in [0.15, 0.2) is 60.7 Å². The number of aromatic nitrogens is 2. The number of carbonyl (C=O) groups is 1. The minimum atomic E-state index is -0.110. The molecule has 0 aliphatic carbocycles. The molecule has 0 radical (unpaired) electrons. The first kappa shape index (κ1) is 22.8. The molecule has 1 aliphatic rings. The fourth-order valence-electron chi connectivity index (χ4n) is 4.64. The molecule has 1 saturated heterocycles. The molecule has 1 aromatic heterocycles. The average molecular weight is 472 g/mol. The van der Waals surface area contributed by atoms with Gasteiger partial charge in [-0.05, 0) is 55.2 Å². The van der Waals surface area contributed by atoms with Gasteiger partial charge >= 0.3 is 0 Å². The second-order valence-corrected chi connectivity index (χ2v) is 8.78. The Labute approximate surface area is 204 Å². The number of nitrogens with one attached hydrogen (secondary N) is 1. The van der Waals surface area contributed by atoms with E-state index in [0.29, 0.717) is 36.0 Å². The first-order valence-corrected chi connectivity index (χ1v) is 11.8. The van der Waals surface area contributed by atoms with Crippen molar-refractivity contribution in [1.29, 1.82) is 0 Å². The van der Waals surface area contributed by atoms with Crippen molar-refractivity contribution in [1.82, 2.24) is 14.9 Å². The van der Waals surface area contributed by atoms with Crippen LogP contribution in [0.2, 0.25) is 0 Å². The number of amides is 1. The zero-order chi connectivity index (χ0) is 24.4. The van der Waals surface area contributed by atoms with Crippen LogP contribution in [-0.2, 0) is 6.61 Å². The number of fused-ring (bicyclic) bond motifs is 1. The van der Waals surface area contributed by atoms with Gasteiger partial charge in [0.05, 0.1) is 31.3 Å². The van der Waals surface area contributed by atoms with Crippen LogP contribution < -0.4 is 14.2 Å². The summed E-state index contributed by atoms with van der Waals surface area (Å²) in [6, 6.07) is 19.3. The van der Waals surface area contributed by atoms with Crippen molar-refractivity contribution in [2.75, 3.05) is 20.8 Å². The molecule has 1 fully saturated rings. The normalized spacial score (nSPS) is 15.4. The predicted octanol–water partition coefficient (Wildman–Crippen LogP) is 5.44. The number of imidazole rings is 1. The van der Waals surface area contributed by atoms with Crippen molar-refractivity contribution >= 4 is 16.9 Å². The molecule has 4 aromatic rings. The lowest BCUT2D eigenvalue weighted by Crippen LogP contribution is -2.31. The molecular formula is C28H29N3O4. The predicted molar refractivity (Wildman–Crippen MR) is 134 cm³/mol. The number of aryl methyl sites for hydroxylation is 1. The number of nitrogens with zero attached hydrogens (tertiary/aromatic N) is 2. The van der Waals surface area contributed by atoms with Crippen molar-refractivity contribution in [2.45, 2.75) is 32.4 Å². The highest BCUT2D eigenvalue weighted by Crippen LogP contribution is 2.41. The highest BCUT2D eigenvalue weighted by atomic mass is 16.5. The first-order chi connectivity index (χ1) is 17.1. The molecule has 35 heavy (non-hydrogen) atoms. The molecule has 1 N–H and O–H groups in total. The van der Waals surface area contributed by atoms with Gasteiger partial charge in [-0.15, -0.1) is 0 Å². The molecule has 1 aliphatic heterocycles. The van der Waals surface area contributed by atoms with Crippen molar-refractivity contribution in [2.24, 2.45) is 0 Å². The van der Waals surface area contributed by atoms with Gasteiger partial charge in [-0.25, -0.2) is 4.98 Å². The summed E-state index contributed by atoms with van der Waals surface area (Å²) in [5, 5.41) is 0. The minimum Gasteiger partial charge on any atom is -0.493 e. The number of aromatic amines is 1. The largest absolute Gasteiger partial charge is 0.493 e. The fraction of sp³-hybridized carbons (Fsp3) is 0.286. The van der Waals surface area contributed by atoms with Crippen molar-refractivity contribution in [3.05, 3.63) is 83.2 Å². The smallest absolute Gasteiger partial charge is 0.254 e. The standard InChI is InChI=1S/C28H29N3O4/c1-18-11-12-21-22(14-18)30-27(29-21)23-10-7-13-31(23)28(32)20-15-24(33-2)26(25(16-20)34-3)35-17-19-8-5-4-6-9-19/h4-6,8-9,11-12,14-16,23H,7,10,13,17H2,1-3H3,(H,29,30). The molecule has 0 spiro atoms. The molecule has 1 unspecified atom stereocenters. The Morgan fingerprint density at radius 2 is 1.80 bits per heavy atom. The van der Waals surface area contributed by atoms with Gasteiger partial charge in [-0.3, -0.25) is 4.79 Å². The first-order valence-electron chi connectivity index (χ1n) is 11.8. The average Bonchev–Trinajstić information content (AvgIpc) is 3.54. The van der Waals surface area contributed by atoms with E-state index in [1.54, 1.807) is 26.4 Å². The Bertz CT molecular complexity index is 1320. The Kier molecular flexibility index (Phi) is 6.31. The van der Waals surface area contributed by atoms with E-state index in [1.807, 2.05) is 47.4 Å². The Hall–Kier alpha value is -4.00. The van der Waals surface area contributed by atoms with E-state index < -0.39 is 0 Å². The lowest BCUT2D eigenvalue weighted by molar-refractivity contribution is 0.0729. The van der Waals surface area contributed by atoms with Gasteiger partial charge in [-0.2, -0.15) is 0 Å². The number of benzene rings is 3. The van der Waals surface area contributed by atoms with Gasteiger partial charge in [0.1, 0.15) is 12.4 Å². The molecule has 7 nitrogen and oxygen atoms in total. The van der Waals surface area contributed by atoms with Crippen LogP contribution in [-0.4, -0.2) is 41.5 Å². The van der Waals surface area contributed by atoms with E-state index in [0.717, 1.165) is 35.3 Å². The highest BCUT2D eigenvalue weighted by molar-refractivity contribution is 5.96. The highest BCUT2D eigenvalue weighted by Gasteiger charge is 2.33. The Morgan fingerprint density at radius 1 is 1.06 bits per heavy atom. The quantitative estimate of drug-likeness (QED) is 0.388. The molecule has 7 heteroatoms. The maximum atomic E-state index is 13.7. The number of H-pyrrole nitrogens is 1. The topological polar surface area (TPSA) is 76.7 Å². The number of carbonyl (C=O) groups excluding carboxylic acids is 1. The van der Waals surface area contributed by atoms with E-state index in [1.165, 1.54) is 5.56 Å². The van der Waals surface area contributed by atoms with Crippen molar-refractivity contribution in [3.8, 4) is 17.2 Å². The molecule has 5 rings (SSSR count). The SMILES string of the molecule is COc1cc(C(=O)N2CCCC2c2nc3ccc(C)cc3[nH]2)cc(OC)c1OCc1ccccc1. The molecule has 0 bridgehead atoms. The van der Waals surface area contributed by atoms with E-state index in [2.05, 4.69) is 18.0 Å². The number of hydrogen-bond donors (Lipinski definition) is 1. The molecule has 0 saturated carbocycles. The lowest BCUT2D eigenvalue weighted by Gasteiger charge is -2.24. The molecule has 2 heterocycles. The molecule has 1 amide bonds. The van der Waals surface area contributed by atoms with Gasteiger partial charge < -0.3 is 24.1 Å². The van der Waals surface area contributed by atoms with Gasteiger partial charge in [0.2, 0.25) is 5.75 Å². The summed E-state index contributed by atoms with van der Waals surface area (Å²) in [6.45, 7) is 3.08. The van der Waals surface area contributed by atoms with Crippen LogP contribution in [0.5, 0.6) is 17.2 Å². The summed E-state index contributed by atoms with van der Waals surface area (Å²) in [4.78, 5) is 23.7. The zero-order valence-electron chi connectivity index (χ0n) is 20.2. The van der Waals surface area contributed by atoms with E-state index in [9.17, 15) is 4.79 Å². The fourth-order valence-corrected chi connectivity index (χ4v) is 4.64. The third-order valence-electron chi connectivity index (χ3n) is 6.42. The third kappa shape index (κ3) is 4.54. The van der Waals surface area contributed by atoms with Gasteiger partial charge in [0.25, 0.3) is 5.91 Å².